The number of hydrogen-bond acceptors (Lipinski definition) is 4. The topological polar surface area (TPSA) is 82.5 Å². The predicted octanol–water partition coefficient (Wildman–Crippen LogP) is 1.12. The lowest BCUT2D eigenvalue weighted by atomic mass is 9.74. The van der Waals surface area contributed by atoms with Crippen LogP contribution in [0.15, 0.2) is 54.9 Å². The third kappa shape index (κ3) is 3.75. The molecule has 6 nitrogen and oxygen atoms in total. The van der Waals surface area contributed by atoms with Gasteiger partial charge in [-0.25, -0.2) is 0 Å². The van der Waals surface area contributed by atoms with Gasteiger partial charge in [0.2, 0.25) is 11.8 Å². The van der Waals surface area contributed by atoms with Crippen LogP contribution in [0.5, 0.6) is 0 Å². The second-order valence-electron chi connectivity index (χ2n) is 6.52. The Labute approximate surface area is 152 Å². The molecular formula is C20H23N3O3. The second kappa shape index (κ2) is 8.10. The molecule has 0 bridgehead atoms. The molecule has 1 saturated heterocycles. The van der Waals surface area contributed by atoms with E-state index in [4.69, 9.17) is 0 Å². The van der Waals surface area contributed by atoms with Crippen molar-refractivity contribution in [1.29, 1.82) is 0 Å². The maximum Gasteiger partial charge on any atom is 0.227 e. The Kier molecular flexibility index (Phi) is 5.63. The van der Waals surface area contributed by atoms with E-state index in [0.29, 0.717) is 6.54 Å². The molecule has 26 heavy (non-hydrogen) atoms. The Balaban J connectivity index is 1.81. The van der Waals surface area contributed by atoms with Crippen molar-refractivity contribution in [1.82, 2.24) is 15.2 Å². The molecule has 0 radical (unpaired) electrons. The third-order valence-corrected chi connectivity index (χ3v) is 4.87. The number of carbonyl (C=O) groups excluding carboxylic acids is 2. The Bertz CT molecular complexity index is 751. The van der Waals surface area contributed by atoms with Crippen molar-refractivity contribution in [3.8, 4) is 0 Å². The standard InChI is InChI=1S/C20H23N3O3/c1-14(25)22-12-17-20(16-5-3-2-4-6-16)18(13-24)23(17)19(26)11-15-7-9-21-10-8-15/h2-10,17-18,20,24H,11-13H2,1H3,(H,22,25)/t17-,18+,20+/m0/s1. The van der Waals surface area contributed by atoms with Gasteiger partial charge in [-0.05, 0) is 23.3 Å². The molecule has 1 aromatic carbocycles. The zero-order valence-electron chi connectivity index (χ0n) is 14.7. The van der Waals surface area contributed by atoms with Crippen LogP contribution in [0.4, 0.5) is 0 Å². The van der Waals surface area contributed by atoms with Gasteiger partial charge in [0.15, 0.2) is 0 Å². The fraction of sp³-hybridized carbons (Fsp3) is 0.350. The predicted molar refractivity (Wildman–Crippen MR) is 97.3 cm³/mol. The number of carbonyl (C=O) groups is 2. The molecule has 1 aliphatic heterocycles. The van der Waals surface area contributed by atoms with Gasteiger partial charge >= 0.3 is 0 Å². The Morgan fingerprint density at radius 3 is 2.42 bits per heavy atom. The van der Waals surface area contributed by atoms with E-state index in [2.05, 4.69) is 10.3 Å². The summed E-state index contributed by atoms with van der Waals surface area (Å²) in [5, 5.41) is 12.7. The first-order valence-corrected chi connectivity index (χ1v) is 8.72. The number of rotatable bonds is 6. The number of hydrogen-bond donors (Lipinski definition) is 2. The maximum atomic E-state index is 12.9. The molecule has 3 rings (SSSR count). The van der Waals surface area contributed by atoms with Gasteiger partial charge in [0.05, 0.1) is 25.1 Å². The van der Waals surface area contributed by atoms with Crippen LogP contribution in [0.3, 0.4) is 0 Å². The molecule has 3 atom stereocenters. The highest BCUT2D eigenvalue weighted by Crippen LogP contribution is 2.40. The highest BCUT2D eigenvalue weighted by atomic mass is 16.3. The summed E-state index contributed by atoms with van der Waals surface area (Å²) >= 11 is 0. The lowest BCUT2D eigenvalue weighted by Crippen LogP contribution is -2.68. The fourth-order valence-electron chi connectivity index (χ4n) is 3.68. The van der Waals surface area contributed by atoms with E-state index in [-0.39, 0.29) is 42.8 Å². The summed E-state index contributed by atoms with van der Waals surface area (Å²) in [6.45, 7) is 1.72. The van der Waals surface area contributed by atoms with Gasteiger partial charge in [-0.2, -0.15) is 0 Å². The largest absolute Gasteiger partial charge is 0.394 e. The van der Waals surface area contributed by atoms with Gasteiger partial charge in [-0.15, -0.1) is 0 Å². The average Bonchev–Trinajstić information content (AvgIpc) is 2.62. The molecular weight excluding hydrogens is 330 g/mol. The number of nitrogens with zero attached hydrogens (tertiary/aromatic N) is 2. The molecule has 2 amide bonds. The van der Waals surface area contributed by atoms with Crippen LogP contribution >= 0.6 is 0 Å². The minimum Gasteiger partial charge on any atom is -0.394 e. The van der Waals surface area contributed by atoms with Gasteiger partial charge in [0.1, 0.15) is 0 Å². The summed E-state index contributed by atoms with van der Waals surface area (Å²) in [5.41, 5.74) is 1.94. The summed E-state index contributed by atoms with van der Waals surface area (Å²) in [6.07, 6.45) is 3.56. The van der Waals surface area contributed by atoms with Crippen molar-refractivity contribution in [2.24, 2.45) is 0 Å². The first-order chi connectivity index (χ1) is 12.6. The maximum absolute atomic E-state index is 12.9. The zero-order valence-corrected chi connectivity index (χ0v) is 14.7. The van der Waals surface area contributed by atoms with Gasteiger partial charge in [0, 0.05) is 31.8 Å². The molecule has 0 aliphatic carbocycles. The highest BCUT2D eigenvalue weighted by molar-refractivity contribution is 5.81. The van der Waals surface area contributed by atoms with Crippen molar-refractivity contribution in [2.45, 2.75) is 31.3 Å². The van der Waals surface area contributed by atoms with Crippen LogP contribution in [0.2, 0.25) is 0 Å². The van der Waals surface area contributed by atoms with Gasteiger partial charge < -0.3 is 15.3 Å². The van der Waals surface area contributed by atoms with Crippen LogP contribution in [-0.2, 0) is 16.0 Å². The molecule has 6 heteroatoms. The molecule has 1 aliphatic rings. The van der Waals surface area contributed by atoms with Crippen molar-refractivity contribution in [3.63, 3.8) is 0 Å². The number of aliphatic hydroxyl groups is 1. The zero-order chi connectivity index (χ0) is 18.5. The van der Waals surface area contributed by atoms with Crippen LogP contribution in [0.25, 0.3) is 0 Å². The van der Waals surface area contributed by atoms with Gasteiger partial charge in [-0.1, -0.05) is 30.3 Å². The first-order valence-electron chi connectivity index (χ1n) is 8.72. The van der Waals surface area contributed by atoms with Crippen molar-refractivity contribution in [2.75, 3.05) is 13.2 Å². The molecule has 2 aromatic rings. The van der Waals surface area contributed by atoms with E-state index in [9.17, 15) is 14.7 Å². The van der Waals surface area contributed by atoms with Crippen molar-refractivity contribution < 1.29 is 14.7 Å². The molecule has 2 N–H and O–H groups in total. The Morgan fingerprint density at radius 2 is 1.81 bits per heavy atom. The molecule has 0 unspecified atom stereocenters. The number of likely N-dealkylation sites (tertiary alicyclic amines) is 1. The molecule has 1 aromatic heterocycles. The number of aliphatic hydroxyl groups excluding tert-OH is 1. The number of benzene rings is 1. The van der Waals surface area contributed by atoms with Crippen LogP contribution in [0, 0.1) is 0 Å². The minimum atomic E-state index is -0.287. The molecule has 2 heterocycles. The van der Waals surface area contributed by atoms with E-state index in [0.717, 1.165) is 11.1 Å². The summed E-state index contributed by atoms with van der Waals surface area (Å²) in [7, 11) is 0. The van der Waals surface area contributed by atoms with Crippen molar-refractivity contribution >= 4 is 11.8 Å². The number of amides is 2. The minimum absolute atomic E-state index is 0.00515. The smallest absolute Gasteiger partial charge is 0.227 e. The fourth-order valence-corrected chi connectivity index (χ4v) is 3.68. The number of nitrogens with one attached hydrogen (secondary N) is 1. The Hall–Kier alpha value is -2.73. The van der Waals surface area contributed by atoms with Crippen LogP contribution in [-0.4, -0.2) is 52.0 Å². The summed E-state index contributed by atoms with van der Waals surface area (Å²) in [5.74, 6) is -0.196. The Morgan fingerprint density at radius 1 is 1.12 bits per heavy atom. The summed E-state index contributed by atoms with van der Waals surface area (Å²) in [4.78, 5) is 29.9. The SMILES string of the molecule is CC(=O)NC[C@H]1[C@@H](c2ccccc2)[C@@H](CO)N1C(=O)Cc1ccncc1. The molecule has 0 saturated carbocycles. The quantitative estimate of drug-likeness (QED) is 0.815. The first kappa shape index (κ1) is 18.1. The van der Waals surface area contributed by atoms with E-state index in [1.54, 1.807) is 17.3 Å². The number of aromatic nitrogens is 1. The third-order valence-electron chi connectivity index (χ3n) is 4.87. The van der Waals surface area contributed by atoms with Crippen LogP contribution < -0.4 is 5.32 Å². The van der Waals surface area contributed by atoms with E-state index < -0.39 is 0 Å². The lowest BCUT2D eigenvalue weighted by molar-refractivity contribution is -0.150. The van der Waals surface area contributed by atoms with Crippen LogP contribution in [0.1, 0.15) is 24.0 Å². The van der Waals surface area contributed by atoms with E-state index >= 15 is 0 Å². The monoisotopic (exact) mass is 353 g/mol. The summed E-state index contributed by atoms with van der Waals surface area (Å²) in [6, 6.07) is 13.0. The second-order valence-corrected chi connectivity index (χ2v) is 6.52. The highest BCUT2D eigenvalue weighted by Gasteiger charge is 2.50. The van der Waals surface area contributed by atoms with E-state index in [1.807, 2.05) is 42.5 Å². The number of pyridine rings is 1. The summed E-state index contributed by atoms with van der Waals surface area (Å²) < 4.78 is 0. The average molecular weight is 353 g/mol. The molecule has 136 valence electrons. The van der Waals surface area contributed by atoms with Crippen molar-refractivity contribution in [3.05, 3.63) is 66.0 Å². The molecule has 0 spiro atoms. The van der Waals surface area contributed by atoms with Gasteiger partial charge in [0.25, 0.3) is 0 Å². The van der Waals surface area contributed by atoms with Gasteiger partial charge in [-0.3, -0.25) is 14.6 Å². The van der Waals surface area contributed by atoms with E-state index in [1.165, 1.54) is 6.92 Å². The lowest BCUT2D eigenvalue weighted by Gasteiger charge is -2.55. The normalized spacial score (nSPS) is 21.8. The molecule has 1 fully saturated rings.